The van der Waals surface area contributed by atoms with Crippen molar-refractivity contribution in [2.24, 2.45) is 0 Å². The van der Waals surface area contributed by atoms with Crippen LogP contribution in [0.1, 0.15) is 19.8 Å². The summed E-state index contributed by atoms with van der Waals surface area (Å²) in [5.41, 5.74) is 0. The monoisotopic (exact) mass is 198 g/mol. The summed E-state index contributed by atoms with van der Waals surface area (Å²) in [6, 6.07) is 10.8. The summed E-state index contributed by atoms with van der Waals surface area (Å²) in [6.07, 6.45) is 4.00. The molecule has 66 valence electrons. The van der Waals surface area contributed by atoms with E-state index in [0.29, 0.717) is 0 Å². The van der Waals surface area contributed by atoms with E-state index in [1.807, 2.05) is 0 Å². The van der Waals surface area contributed by atoms with Crippen LogP contribution in [0.5, 0.6) is 0 Å². The van der Waals surface area contributed by atoms with Gasteiger partial charge in [0, 0.05) is 0 Å². The maximum atomic E-state index is 2.99. The molecule has 0 spiro atoms. The van der Waals surface area contributed by atoms with Crippen LogP contribution >= 0.6 is 16.5 Å². The lowest BCUT2D eigenvalue weighted by atomic mass is 10.4. The smallest absolute Gasteiger partial charge is 0.0202 e. The van der Waals surface area contributed by atoms with E-state index in [2.05, 4.69) is 46.2 Å². The molecule has 0 radical (unpaired) electrons. The molecule has 0 aliphatic carbocycles. The lowest BCUT2D eigenvalue weighted by Crippen LogP contribution is -1.97. The normalized spacial score (nSPS) is 12.8. The van der Waals surface area contributed by atoms with Gasteiger partial charge in [0.25, 0.3) is 0 Å². The third-order valence-corrected chi connectivity index (χ3v) is 5.27. The van der Waals surface area contributed by atoms with Gasteiger partial charge in [0.1, 0.15) is 0 Å². The predicted molar refractivity (Wildman–Crippen MR) is 62.5 cm³/mol. The van der Waals surface area contributed by atoms with Crippen LogP contribution in [-0.2, 0) is 0 Å². The fraction of sp³-hybridized carbons (Fsp3) is 0.400. The van der Waals surface area contributed by atoms with Crippen LogP contribution in [0.4, 0.5) is 0 Å². The zero-order valence-corrected chi connectivity index (χ0v) is 9.58. The molecule has 0 saturated carbocycles. The molecule has 0 bridgehead atoms. The highest BCUT2D eigenvalue weighted by molar-refractivity contribution is 8.17. The molecule has 0 aliphatic heterocycles. The number of rotatable bonds is 4. The lowest BCUT2D eigenvalue weighted by Gasteiger charge is -2.10. The highest BCUT2D eigenvalue weighted by Gasteiger charge is 2.01. The van der Waals surface area contributed by atoms with E-state index in [1.54, 1.807) is 0 Å². The van der Waals surface area contributed by atoms with Crippen LogP contribution in [0.25, 0.3) is 0 Å². The molecule has 2 atom stereocenters. The Bertz CT molecular complexity index is 208. The van der Waals surface area contributed by atoms with Gasteiger partial charge in [-0.25, -0.2) is 0 Å². The van der Waals surface area contributed by atoms with Crippen LogP contribution < -0.4 is 5.30 Å². The molecule has 1 rings (SSSR count). The van der Waals surface area contributed by atoms with Crippen molar-refractivity contribution in [2.45, 2.75) is 19.8 Å². The number of hydrogen-bond donors (Lipinski definition) is 0. The van der Waals surface area contributed by atoms with Crippen LogP contribution in [-0.4, -0.2) is 6.16 Å². The fourth-order valence-electron chi connectivity index (χ4n) is 1.08. The van der Waals surface area contributed by atoms with Gasteiger partial charge in [-0.2, -0.15) is 0 Å². The summed E-state index contributed by atoms with van der Waals surface area (Å²) in [7, 11) is 3.02. The summed E-state index contributed by atoms with van der Waals surface area (Å²) in [6.45, 7) is 2.25. The van der Waals surface area contributed by atoms with Crippen molar-refractivity contribution in [2.75, 3.05) is 6.16 Å². The molecule has 0 saturated heterocycles. The van der Waals surface area contributed by atoms with Crippen LogP contribution in [0.15, 0.2) is 30.3 Å². The maximum absolute atomic E-state index is 2.99. The average molecular weight is 198 g/mol. The van der Waals surface area contributed by atoms with Gasteiger partial charge in [0.2, 0.25) is 0 Å². The maximum Gasteiger partial charge on any atom is -0.0202 e. The summed E-state index contributed by atoms with van der Waals surface area (Å²) in [4.78, 5) is 0. The van der Waals surface area contributed by atoms with Gasteiger partial charge in [-0.15, -0.1) is 8.93 Å². The topological polar surface area (TPSA) is 0 Å². The third-order valence-electron chi connectivity index (χ3n) is 1.84. The van der Waals surface area contributed by atoms with Crippen molar-refractivity contribution >= 4 is 21.8 Å². The molecule has 1 aromatic carbocycles. The molecule has 0 aliphatic rings. The Balaban J connectivity index is 2.48. The summed E-state index contributed by atoms with van der Waals surface area (Å²) < 4.78 is 0. The van der Waals surface area contributed by atoms with Gasteiger partial charge in [-0.3, -0.25) is 0 Å². The molecular weight excluding hydrogens is 182 g/mol. The van der Waals surface area contributed by atoms with Crippen molar-refractivity contribution in [1.29, 1.82) is 0 Å². The summed E-state index contributed by atoms with van der Waals surface area (Å²) in [5.74, 6) is 0. The Morgan fingerprint density at radius 3 is 2.50 bits per heavy atom. The molecule has 2 heteroatoms. The highest BCUT2D eigenvalue weighted by Crippen LogP contribution is 2.43. The number of unbranched alkanes of at least 4 members (excludes halogenated alkanes) is 1. The average Bonchev–Trinajstić information content (AvgIpc) is 2.15. The number of hydrogen-bond acceptors (Lipinski definition) is 0. The van der Waals surface area contributed by atoms with Crippen LogP contribution in [0.2, 0.25) is 0 Å². The Kier molecular flexibility index (Phi) is 4.81. The van der Waals surface area contributed by atoms with Gasteiger partial charge in [-0.1, -0.05) is 51.3 Å². The van der Waals surface area contributed by atoms with Gasteiger partial charge < -0.3 is 0 Å². The second-order valence-corrected chi connectivity index (χ2v) is 6.66. The molecule has 12 heavy (non-hydrogen) atoms. The van der Waals surface area contributed by atoms with Crippen LogP contribution in [0, 0.1) is 0 Å². The van der Waals surface area contributed by atoms with Gasteiger partial charge in [-0.05, 0) is 17.9 Å². The minimum absolute atomic E-state index is 0.0351. The Morgan fingerprint density at radius 2 is 1.92 bits per heavy atom. The predicted octanol–water partition coefficient (Wildman–Crippen LogP) is 3.38. The van der Waals surface area contributed by atoms with E-state index in [9.17, 15) is 0 Å². The van der Waals surface area contributed by atoms with E-state index < -0.39 is 0 Å². The largest absolute Gasteiger partial charge is 0.107 e. The van der Waals surface area contributed by atoms with Crippen molar-refractivity contribution < 1.29 is 0 Å². The van der Waals surface area contributed by atoms with Gasteiger partial charge >= 0.3 is 0 Å². The first-order chi connectivity index (χ1) is 5.84. The molecule has 0 amide bonds. The molecule has 0 nitrogen and oxygen atoms in total. The molecule has 0 N–H and O–H groups in total. The SMILES string of the molecule is CCCCP(P)c1ccccc1. The second kappa shape index (κ2) is 5.68. The summed E-state index contributed by atoms with van der Waals surface area (Å²) >= 11 is 0. The van der Waals surface area contributed by atoms with Gasteiger partial charge in [0.15, 0.2) is 0 Å². The summed E-state index contributed by atoms with van der Waals surface area (Å²) in [5, 5.41) is 1.51. The quantitative estimate of drug-likeness (QED) is 0.650. The van der Waals surface area contributed by atoms with Crippen molar-refractivity contribution in [3.05, 3.63) is 30.3 Å². The van der Waals surface area contributed by atoms with Gasteiger partial charge in [0.05, 0.1) is 0 Å². The third kappa shape index (κ3) is 3.21. The van der Waals surface area contributed by atoms with E-state index in [-0.39, 0.29) is 7.61 Å². The lowest BCUT2D eigenvalue weighted by molar-refractivity contribution is 0.895. The van der Waals surface area contributed by atoms with E-state index in [0.717, 1.165) is 0 Å². The van der Waals surface area contributed by atoms with E-state index in [1.165, 1.54) is 24.3 Å². The first-order valence-electron chi connectivity index (χ1n) is 4.42. The first kappa shape index (κ1) is 10.2. The second-order valence-electron chi connectivity index (χ2n) is 2.88. The van der Waals surface area contributed by atoms with Crippen molar-refractivity contribution in [1.82, 2.24) is 0 Å². The molecule has 0 aromatic heterocycles. The fourth-order valence-corrected chi connectivity index (χ4v) is 3.61. The minimum Gasteiger partial charge on any atom is -0.107 e. The first-order valence-corrected chi connectivity index (χ1v) is 7.56. The molecule has 0 heterocycles. The molecule has 2 unspecified atom stereocenters. The minimum atomic E-state index is 0.0351. The Hall–Kier alpha value is 0.0800. The van der Waals surface area contributed by atoms with Crippen LogP contribution in [0.3, 0.4) is 0 Å². The van der Waals surface area contributed by atoms with E-state index in [4.69, 9.17) is 0 Å². The van der Waals surface area contributed by atoms with E-state index >= 15 is 0 Å². The highest BCUT2D eigenvalue weighted by atomic mass is 32.0. The molecule has 0 fully saturated rings. The van der Waals surface area contributed by atoms with Crippen molar-refractivity contribution in [3.63, 3.8) is 0 Å². The standard InChI is InChI=1S/C10H16P2/c1-2-3-9-12(11)10-7-5-4-6-8-10/h4-8H,2-3,9,11H2,1H3. The van der Waals surface area contributed by atoms with Crippen molar-refractivity contribution in [3.8, 4) is 0 Å². The zero-order valence-electron chi connectivity index (χ0n) is 7.53. The zero-order chi connectivity index (χ0) is 8.81. The number of benzene rings is 1. The Morgan fingerprint density at radius 1 is 1.25 bits per heavy atom. The Labute approximate surface area is 78.6 Å². The molecule has 1 aromatic rings. The molecular formula is C10H16P2.